The first-order valence-corrected chi connectivity index (χ1v) is 7.90. The zero-order valence-corrected chi connectivity index (χ0v) is 13.6. The number of benzene rings is 1. The Morgan fingerprint density at radius 2 is 2.04 bits per heavy atom. The molecule has 1 amide bonds. The van der Waals surface area contributed by atoms with E-state index in [2.05, 4.69) is 27.3 Å². The van der Waals surface area contributed by atoms with Gasteiger partial charge in [0.1, 0.15) is 0 Å². The summed E-state index contributed by atoms with van der Waals surface area (Å²) < 4.78 is 4.91. The predicted molar refractivity (Wildman–Crippen MR) is 87.8 cm³/mol. The highest BCUT2D eigenvalue weighted by atomic mass is 16.5. The molecule has 1 aromatic rings. The molecule has 1 aliphatic rings. The van der Waals surface area contributed by atoms with E-state index < -0.39 is 0 Å². The maximum Gasteiger partial charge on any atom is 0.234 e. The molecule has 1 aliphatic heterocycles. The zero-order chi connectivity index (χ0) is 16.5. The molecule has 0 saturated carbocycles. The highest BCUT2D eigenvalue weighted by Crippen LogP contribution is 2.10. The Balaban J connectivity index is 1.71. The van der Waals surface area contributed by atoms with Crippen molar-refractivity contribution in [2.24, 2.45) is 0 Å². The largest absolute Gasteiger partial charge is 0.383 e. The number of carbonyl (C=O) groups is 1. The number of methoxy groups -OCH3 is 1. The summed E-state index contributed by atoms with van der Waals surface area (Å²) in [5.74, 6) is 0.0530. The van der Waals surface area contributed by atoms with Gasteiger partial charge in [-0.05, 0) is 17.7 Å². The molecule has 0 spiro atoms. The molecule has 124 valence electrons. The van der Waals surface area contributed by atoms with Gasteiger partial charge in [0, 0.05) is 46.4 Å². The van der Waals surface area contributed by atoms with Crippen LogP contribution in [0.1, 0.15) is 11.1 Å². The van der Waals surface area contributed by atoms with Crippen LogP contribution in [0.2, 0.25) is 0 Å². The van der Waals surface area contributed by atoms with Crippen LogP contribution in [-0.2, 0) is 16.1 Å². The lowest BCUT2D eigenvalue weighted by Crippen LogP contribution is -2.49. The third-order valence-electron chi connectivity index (χ3n) is 3.92. The van der Waals surface area contributed by atoms with Crippen molar-refractivity contribution < 1.29 is 9.53 Å². The van der Waals surface area contributed by atoms with Crippen LogP contribution in [0.3, 0.4) is 0 Å². The minimum absolute atomic E-state index is 0.0530. The molecule has 0 radical (unpaired) electrons. The molecule has 0 aromatic heterocycles. The van der Waals surface area contributed by atoms with Gasteiger partial charge in [-0.2, -0.15) is 5.26 Å². The molecule has 23 heavy (non-hydrogen) atoms. The van der Waals surface area contributed by atoms with E-state index >= 15 is 0 Å². The number of ether oxygens (including phenoxy) is 1. The molecule has 1 heterocycles. The van der Waals surface area contributed by atoms with E-state index in [4.69, 9.17) is 10.00 Å². The second kappa shape index (κ2) is 9.26. The molecule has 0 atom stereocenters. The van der Waals surface area contributed by atoms with E-state index in [1.165, 1.54) is 0 Å². The van der Waals surface area contributed by atoms with E-state index in [1.807, 2.05) is 18.2 Å². The lowest BCUT2D eigenvalue weighted by atomic mass is 10.1. The number of nitrogens with zero attached hydrogens (tertiary/aromatic N) is 3. The van der Waals surface area contributed by atoms with Crippen LogP contribution < -0.4 is 5.32 Å². The van der Waals surface area contributed by atoms with Gasteiger partial charge in [-0.3, -0.25) is 14.6 Å². The van der Waals surface area contributed by atoms with E-state index in [9.17, 15) is 4.79 Å². The number of hydrogen-bond donors (Lipinski definition) is 1. The van der Waals surface area contributed by atoms with E-state index in [-0.39, 0.29) is 5.91 Å². The first kappa shape index (κ1) is 17.4. The number of carbonyl (C=O) groups excluding carboxylic acids is 1. The van der Waals surface area contributed by atoms with Crippen molar-refractivity contribution in [2.75, 3.05) is 53.0 Å². The average Bonchev–Trinajstić information content (AvgIpc) is 2.57. The third-order valence-corrected chi connectivity index (χ3v) is 3.92. The smallest absolute Gasteiger partial charge is 0.234 e. The molecule has 1 saturated heterocycles. The molecule has 0 unspecified atom stereocenters. The molecule has 2 rings (SSSR count). The Kier molecular flexibility index (Phi) is 7.01. The van der Waals surface area contributed by atoms with Gasteiger partial charge in [0.25, 0.3) is 0 Å². The van der Waals surface area contributed by atoms with Crippen LogP contribution in [-0.4, -0.2) is 68.7 Å². The number of hydrogen-bond acceptors (Lipinski definition) is 5. The molecular formula is C17H24N4O2. The highest BCUT2D eigenvalue weighted by molar-refractivity contribution is 5.78. The van der Waals surface area contributed by atoms with Crippen LogP contribution in [0.5, 0.6) is 0 Å². The summed E-state index contributed by atoms with van der Waals surface area (Å²) in [7, 11) is 1.62. The van der Waals surface area contributed by atoms with Crippen molar-refractivity contribution in [3.05, 3.63) is 35.4 Å². The first-order valence-electron chi connectivity index (χ1n) is 7.90. The molecule has 0 bridgehead atoms. The minimum Gasteiger partial charge on any atom is -0.383 e. The highest BCUT2D eigenvalue weighted by Gasteiger charge is 2.18. The maximum atomic E-state index is 11.8. The summed E-state index contributed by atoms with van der Waals surface area (Å²) in [4.78, 5) is 16.3. The number of nitrogens with one attached hydrogen (secondary N) is 1. The van der Waals surface area contributed by atoms with Crippen molar-refractivity contribution in [1.82, 2.24) is 15.1 Å². The predicted octanol–water partition coefficient (Wildman–Crippen LogP) is 0.438. The SMILES string of the molecule is COCCNC(=O)CN1CCN(Cc2cccc(C#N)c2)CC1. The van der Waals surface area contributed by atoms with Crippen LogP contribution in [0.15, 0.2) is 24.3 Å². The number of amides is 1. The topological polar surface area (TPSA) is 68.6 Å². The lowest BCUT2D eigenvalue weighted by Gasteiger charge is -2.34. The van der Waals surface area contributed by atoms with Crippen LogP contribution in [0.25, 0.3) is 0 Å². The van der Waals surface area contributed by atoms with Crippen LogP contribution in [0, 0.1) is 11.3 Å². The Bertz CT molecular complexity index is 548. The summed E-state index contributed by atoms with van der Waals surface area (Å²) in [5, 5.41) is 11.8. The van der Waals surface area contributed by atoms with Crippen molar-refractivity contribution >= 4 is 5.91 Å². The fourth-order valence-corrected chi connectivity index (χ4v) is 2.65. The van der Waals surface area contributed by atoms with Gasteiger partial charge < -0.3 is 10.1 Å². The van der Waals surface area contributed by atoms with Crippen molar-refractivity contribution in [2.45, 2.75) is 6.54 Å². The number of rotatable bonds is 7. The van der Waals surface area contributed by atoms with E-state index in [0.717, 1.165) is 38.3 Å². The van der Waals surface area contributed by atoms with E-state index in [1.54, 1.807) is 7.11 Å². The summed E-state index contributed by atoms with van der Waals surface area (Å²) in [6, 6.07) is 9.91. The summed E-state index contributed by atoms with van der Waals surface area (Å²) in [6.07, 6.45) is 0. The summed E-state index contributed by atoms with van der Waals surface area (Å²) in [5.41, 5.74) is 1.86. The second-order valence-electron chi connectivity index (χ2n) is 5.71. The summed E-state index contributed by atoms with van der Waals surface area (Å²) in [6.45, 7) is 6.03. The van der Waals surface area contributed by atoms with Gasteiger partial charge in [0.15, 0.2) is 0 Å². The normalized spacial score (nSPS) is 16.0. The first-order chi connectivity index (χ1) is 11.2. The van der Waals surface area contributed by atoms with Gasteiger partial charge >= 0.3 is 0 Å². The summed E-state index contributed by atoms with van der Waals surface area (Å²) >= 11 is 0. The molecule has 1 fully saturated rings. The number of nitriles is 1. The van der Waals surface area contributed by atoms with Gasteiger partial charge in [0.2, 0.25) is 5.91 Å². The number of piperazine rings is 1. The molecular weight excluding hydrogens is 292 g/mol. The Hall–Kier alpha value is -1.94. The maximum absolute atomic E-state index is 11.8. The molecule has 6 heteroatoms. The fraction of sp³-hybridized carbons (Fsp3) is 0.529. The van der Waals surface area contributed by atoms with E-state index in [0.29, 0.717) is 25.3 Å². The van der Waals surface area contributed by atoms with Crippen molar-refractivity contribution in [3.63, 3.8) is 0 Å². The van der Waals surface area contributed by atoms with Gasteiger partial charge in [0.05, 0.1) is 24.8 Å². The third kappa shape index (κ3) is 5.99. The average molecular weight is 316 g/mol. The quantitative estimate of drug-likeness (QED) is 0.739. The Labute approximate surface area is 137 Å². The lowest BCUT2D eigenvalue weighted by molar-refractivity contribution is -0.122. The molecule has 6 nitrogen and oxygen atoms in total. The molecule has 1 N–H and O–H groups in total. The van der Waals surface area contributed by atoms with Gasteiger partial charge in [-0.25, -0.2) is 0 Å². The molecule has 0 aliphatic carbocycles. The van der Waals surface area contributed by atoms with Gasteiger partial charge in [-0.1, -0.05) is 12.1 Å². The monoisotopic (exact) mass is 316 g/mol. The van der Waals surface area contributed by atoms with Gasteiger partial charge in [-0.15, -0.1) is 0 Å². The second-order valence-corrected chi connectivity index (χ2v) is 5.71. The fourth-order valence-electron chi connectivity index (χ4n) is 2.65. The molecule has 1 aromatic carbocycles. The Morgan fingerprint density at radius 3 is 2.74 bits per heavy atom. The van der Waals surface area contributed by atoms with Crippen LogP contribution in [0.4, 0.5) is 0 Å². The minimum atomic E-state index is 0.0530. The van der Waals surface area contributed by atoms with Crippen LogP contribution >= 0.6 is 0 Å². The standard InChI is InChI=1S/C17H24N4O2/c1-23-10-5-19-17(22)14-21-8-6-20(7-9-21)13-16-4-2-3-15(11-16)12-18/h2-4,11H,5-10,13-14H2,1H3,(H,19,22). The van der Waals surface area contributed by atoms with Crippen molar-refractivity contribution in [1.29, 1.82) is 5.26 Å². The zero-order valence-electron chi connectivity index (χ0n) is 13.6. The Morgan fingerprint density at radius 1 is 1.30 bits per heavy atom. The van der Waals surface area contributed by atoms with Crippen molar-refractivity contribution in [3.8, 4) is 6.07 Å².